The van der Waals surface area contributed by atoms with Crippen LogP contribution >= 0.6 is 0 Å². The predicted molar refractivity (Wildman–Crippen MR) is 143 cm³/mol. The quantitative estimate of drug-likeness (QED) is 0.205. The fourth-order valence-corrected chi connectivity index (χ4v) is 4.92. The van der Waals surface area contributed by atoms with Crippen molar-refractivity contribution in [3.63, 3.8) is 0 Å². The monoisotopic (exact) mass is 535 g/mol. The number of carboxylic acid groups (broad SMARTS) is 1. The Bertz CT molecular complexity index is 1330. The van der Waals surface area contributed by atoms with Crippen LogP contribution in [0.25, 0.3) is 10.9 Å². The van der Waals surface area contributed by atoms with Crippen molar-refractivity contribution in [3.8, 4) is 0 Å². The molecule has 1 fully saturated rings. The number of aliphatic hydroxyl groups is 1. The molecule has 1 aromatic heterocycles. The van der Waals surface area contributed by atoms with Gasteiger partial charge < -0.3 is 36.5 Å². The number of carbonyl (C=O) groups is 4. The molecule has 0 saturated carbocycles. The minimum atomic E-state index is -1.47. The van der Waals surface area contributed by atoms with Gasteiger partial charge in [-0.3, -0.25) is 14.4 Å². The summed E-state index contributed by atoms with van der Waals surface area (Å²) in [4.78, 5) is 55.6. The maximum atomic E-state index is 13.7. The SMILES string of the molecule is NC(Cc1c[nH]c2ccccc12)C(=O)NC(Cc1ccccc1)C(=O)N1CCCC1C(=O)NC(CO)C(=O)O. The summed E-state index contributed by atoms with van der Waals surface area (Å²) in [5, 5.41) is 24.5. The fraction of sp³-hybridized carbons (Fsp3) is 0.357. The zero-order valence-electron chi connectivity index (χ0n) is 21.4. The first kappa shape index (κ1) is 27.8. The highest BCUT2D eigenvalue weighted by molar-refractivity contribution is 5.95. The lowest BCUT2D eigenvalue weighted by Gasteiger charge is -2.30. The van der Waals surface area contributed by atoms with Crippen molar-refractivity contribution >= 4 is 34.6 Å². The first-order valence-electron chi connectivity index (χ1n) is 12.9. The number of aliphatic carboxylic acids is 1. The summed E-state index contributed by atoms with van der Waals surface area (Å²) < 4.78 is 0. The minimum Gasteiger partial charge on any atom is -0.480 e. The van der Waals surface area contributed by atoms with Gasteiger partial charge in [-0.15, -0.1) is 0 Å². The number of nitrogens with one attached hydrogen (secondary N) is 3. The van der Waals surface area contributed by atoms with Gasteiger partial charge in [0.05, 0.1) is 12.6 Å². The van der Waals surface area contributed by atoms with Crippen LogP contribution in [0.1, 0.15) is 24.0 Å². The number of nitrogens with two attached hydrogens (primary N) is 1. The maximum absolute atomic E-state index is 13.7. The summed E-state index contributed by atoms with van der Waals surface area (Å²) >= 11 is 0. The highest BCUT2D eigenvalue weighted by atomic mass is 16.4. The van der Waals surface area contributed by atoms with E-state index in [1.165, 1.54) is 4.90 Å². The van der Waals surface area contributed by atoms with E-state index < -0.39 is 54.5 Å². The van der Waals surface area contributed by atoms with Gasteiger partial charge in [0, 0.05) is 30.1 Å². The van der Waals surface area contributed by atoms with E-state index in [0.717, 1.165) is 22.0 Å². The molecule has 11 heteroatoms. The van der Waals surface area contributed by atoms with Crippen molar-refractivity contribution in [2.75, 3.05) is 13.2 Å². The predicted octanol–water partition coefficient (Wildman–Crippen LogP) is 0.318. The molecule has 11 nitrogen and oxygen atoms in total. The third-order valence-electron chi connectivity index (χ3n) is 6.98. The third kappa shape index (κ3) is 6.62. The van der Waals surface area contributed by atoms with E-state index >= 15 is 0 Å². The lowest BCUT2D eigenvalue weighted by molar-refractivity contribution is -0.145. The molecule has 0 aliphatic carbocycles. The second-order valence-corrected chi connectivity index (χ2v) is 9.69. The Morgan fingerprint density at radius 3 is 2.44 bits per heavy atom. The standard InChI is InChI=1S/C28H33N5O6/c29-20(14-18-15-30-21-10-5-4-9-19(18)21)25(35)31-22(13-17-7-2-1-3-8-17)27(37)33-12-6-11-24(33)26(36)32-23(16-34)28(38)39/h1-5,7-10,15,20,22-24,30,34H,6,11-14,16,29H2,(H,31,35)(H,32,36)(H,38,39). The number of carbonyl (C=O) groups excluding carboxylic acids is 3. The van der Waals surface area contributed by atoms with Crippen LogP contribution in [0.2, 0.25) is 0 Å². The van der Waals surface area contributed by atoms with E-state index in [-0.39, 0.29) is 19.4 Å². The molecule has 1 aliphatic heterocycles. The number of amides is 3. The number of aromatic amines is 1. The normalized spacial score (nSPS) is 17.4. The second kappa shape index (κ2) is 12.5. The molecule has 1 saturated heterocycles. The molecule has 0 radical (unpaired) electrons. The van der Waals surface area contributed by atoms with Gasteiger partial charge >= 0.3 is 5.97 Å². The maximum Gasteiger partial charge on any atom is 0.328 e. The number of benzene rings is 2. The average Bonchev–Trinajstić information content (AvgIpc) is 3.59. The van der Waals surface area contributed by atoms with Crippen molar-refractivity contribution in [2.24, 2.45) is 5.73 Å². The summed E-state index contributed by atoms with van der Waals surface area (Å²) in [7, 11) is 0. The molecule has 4 unspecified atom stereocenters. The van der Waals surface area contributed by atoms with Crippen LogP contribution in [-0.4, -0.2) is 81.1 Å². The molecule has 4 rings (SSSR count). The van der Waals surface area contributed by atoms with Crippen molar-refractivity contribution in [1.29, 1.82) is 0 Å². The van der Waals surface area contributed by atoms with E-state index in [1.54, 1.807) is 0 Å². The summed E-state index contributed by atoms with van der Waals surface area (Å²) in [5.41, 5.74) is 8.90. The topological polar surface area (TPSA) is 178 Å². The number of H-pyrrole nitrogens is 1. The molecular weight excluding hydrogens is 502 g/mol. The number of nitrogens with zero attached hydrogens (tertiary/aromatic N) is 1. The van der Waals surface area contributed by atoms with E-state index in [0.29, 0.717) is 12.8 Å². The zero-order valence-corrected chi connectivity index (χ0v) is 21.4. The molecule has 2 aromatic carbocycles. The molecule has 206 valence electrons. The summed E-state index contributed by atoms with van der Waals surface area (Å²) in [6, 6.07) is 12.6. The molecule has 39 heavy (non-hydrogen) atoms. The van der Waals surface area contributed by atoms with Crippen LogP contribution in [0.15, 0.2) is 60.8 Å². The Hall–Kier alpha value is -4.22. The summed E-state index contributed by atoms with van der Waals surface area (Å²) in [5.74, 6) is -3.00. The number of fused-ring (bicyclic) bond motifs is 1. The Morgan fingerprint density at radius 2 is 1.72 bits per heavy atom. The Labute approximate surface area is 225 Å². The first-order chi connectivity index (χ1) is 18.8. The van der Waals surface area contributed by atoms with E-state index in [4.69, 9.17) is 5.73 Å². The third-order valence-corrected chi connectivity index (χ3v) is 6.98. The number of para-hydroxylation sites is 1. The largest absolute Gasteiger partial charge is 0.480 e. The van der Waals surface area contributed by atoms with Gasteiger partial charge in [0.2, 0.25) is 17.7 Å². The highest BCUT2D eigenvalue weighted by Gasteiger charge is 2.39. The van der Waals surface area contributed by atoms with Crippen molar-refractivity contribution in [3.05, 3.63) is 71.9 Å². The molecule has 2 heterocycles. The number of hydrogen-bond donors (Lipinski definition) is 6. The van der Waals surface area contributed by atoms with Gasteiger partial charge in [-0.05, 0) is 36.5 Å². The van der Waals surface area contributed by atoms with Crippen LogP contribution in [0, 0.1) is 0 Å². The molecular formula is C28H33N5O6. The summed E-state index contributed by atoms with van der Waals surface area (Å²) in [6.07, 6.45) is 3.13. The van der Waals surface area contributed by atoms with Gasteiger partial charge in [0.25, 0.3) is 0 Å². The fourth-order valence-electron chi connectivity index (χ4n) is 4.92. The van der Waals surface area contributed by atoms with E-state index in [2.05, 4.69) is 15.6 Å². The van der Waals surface area contributed by atoms with Crippen molar-refractivity contribution < 1.29 is 29.4 Å². The molecule has 0 bridgehead atoms. The number of aromatic nitrogens is 1. The van der Waals surface area contributed by atoms with Crippen LogP contribution < -0.4 is 16.4 Å². The number of carboxylic acids is 1. The second-order valence-electron chi connectivity index (χ2n) is 9.69. The van der Waals surface area contributed by atoms with Crippen LogP contribution in [0.5, 0.6) is 0 Å². The van der Waals surface area contributed by atoms with Gasteiger partial charge in [-0.25, -0.2) is 4.79 Å². The van der Waals surface area contributed by atoms with Crippen LogP contribution in [0.4, 0.5) is 0 Å². The van der Waals surface area contributed by atoms with Gasteiger partial charge in [-0.2, -0.15) is 0 Å². The van der Waals surface area contributed by atoms with E-state index in [9.17, 15) is 29.4 Å². The Morgan fingerprint density at radius 1 is 1.00 bits per heavy atom. The van der Waals surface area contributed by atoms with Crippen molar-refractivity contribution in [1.82, 2.24) is 20.5 Å². The van der Waals surface area contributed by atoms with Gasteiger partial charge in [-0.1, -0.05) is 48.5 Å². The molecule has 1 aliphatic rings. The molecule has 3 aromatic rings. The molecule has 7 N–H and O–H groups in total. The summed E-state index contributed by atoms with van der Waals surface area (Å²) in [6.45, 7) is -0.501. The average molecular weight is 536 g/mol. The molecule has 4 atom stereocenters. The number of likely N-dealkylation sites (tertiary alicyclic amines) is 1. The van der Waals surface area contributed by atoms with E-state index in [1.807, 2.05) is 60.8 Å². The number of hydrogen-bond acceptors (Lipinski definition) is 6. The number of aliphatic hydroxyl groups excluding tert-OH is 1. The Kier molecular flexibility index (Phi) is 8.95. The van der Waals surface area contributed by atoms with Gasteiger partial charge in [0.1, 0.15) is 18.1 Å². The van der Waals surface area contributed by atoms with Crippen LogP contribution in [-0.2, 0) is 32.0 Å². The lowest BCUT2D eigenvalue weighted by atomic mass is 10.0. The smallest absolute Gasteiger partial charge is 0.328 e. The van der Waals surface area contributed by atoms with Crippen LogP contribution in [0.3, 0.4) is 0 Å². The number of rotatable bonds is 11. The zero-order chi connectivity index (χ0) is 27.9. The molecule has 3 amide bonds. The lowest BCUT2D eigenvalue weighted by Crippen LogP contribution is -2.57. The minimum absolute atomic E-state index is 0.185. The van der Waals surface area contributed by atoms with Crippen molar-refractivity contribution in [2.45, 2.75) is 49.9 Å². The highest BCUT2D eigenvalue weighted by Crippen LogP contribution is 2.21. The Balaban J connectivity index is 1.50. The van der Waals surface area contributed by atoms with Gasteiger partial charge in [0.15, 0.2) is 0 Å². The molecule has 0 spiro atoms. The first-order valence-corrected chi connectivity index (χ1v) is 12.9.